The fourth-order valence-electron chi connectivity index (χ4n) is 2.50. The monoisotopic (exact) mass is 341 g/mol. The van der Waals surface area contributed by atoms with Crippen LogP contribution in [0, 0.1) is 30.9 Å². The number of nitro groups is 1. The molecule has 2 aromatic rings. The van der Waals surface area contributed by atoms with Crippen LogP contribution in [0.3, 0.4) is 0 Å². The lowest BCUT2D eigenvalue weighted by Crippen LogP contribution is -2.25. The van der Waals surface area contributed by atoms with Crippen LogP contribution >= 0.6 is 0 Å². The number of hydrazone groups is 1. The average molecular weight is 341 g/mol. The summed E-state index contributed by atoms with van der Waals surface area (Å²) in [5, 5.41) is 14.6. The Balaban J connectivity index is 1.95. The molecule has 0 aliphatic carbocycles. The first-order chi connectivity index (χ1) is 11.9. The largest absolute Gasteiger partial charge is 0.483 e. The van der Waals surface area contributed by atoms with E-state index in [0.29, 0.717) is 11.3 Å². The van der Waals surface area contributed by atoms with Crippen molar-refractivity contribution in [1.29, 1.82) is 0 Å². The molecule has 2 aromatic carbocycles. The number of carbonyl (C=O) groups is 1. The number of hydrogen-bond donors (Lipinski definition) is 1. The summed E-state index contributed by atoms with van der Waals surface area (Å²) in [5.41, 5.74) is 5.56. The first kappa shape index (κ1) is 18.1. The van der Waals surface area contributed by atoms with E-state index < -0.39 is 10.8 Å². The molecule has 0 aliphatic rings. The van der Waals surface area contributed by atoms with E-state index in [-0.39, 0.29) is 12.3 Å². The standard InChI is InChI=1S/C18H19N3O4/c1-12-8-13(2)18(14(3)9-12)25-11-17(22)20-19-10-15-6-4-5-7-16(15)21(23)24/h4-10H,11H2,1-3H3,(H,20,22). The maximum absolute atomic E-state index is 11.8. The lowest BCUT2D eigenvalue weighted by Gasteiger charge is -2.12. The van der Waals surface area contributed by atoms with Crippen LogP contribution in [-0.4, -0.2) is 23.7 Å². The minimum absolute atomic E-state index is 0.0809. The number of rotatable bonds is 6. The van der Waals surface area contributed by atoms with Gasteiger partial charge in [-0.3, -0.25) is 14.9 Å². The van der Waals surface area contributed by atoms with Gasteiger partial charge in [0.15, 0.2) is 6.61 Å². The van der Waals surface area contributed by atoms with Crippen molar-refractivity contribution in [2.75, 3.05) is 6.61 Å². The van der Waals surface area contributed by atoms with Crippen molar-refractivity contribution in [2.45, 2.75) is 20.8 Å². The number of hydrogen-bond acceptors (Lipinski definition) is 5. The summed E-state index contributed by atoms with van der Waals surface area (Å²) < 4.78 is 5.55. The molecule has 2 rings (SSSR count). The van der Waals surface area contributed by atoms with Crippen LogP contribution in [0.15, 0.2) is 41.5 Å². The van der Waals surface area contributed by atoms with Crippen LogP contribution in [0.5, 0.6) is 5.75 Å². The van der Waals surface area contributed by atoms with E-state index in [1.54, 1.807) is 18.2 Å². The molecule has 1 amide bonds. The second kappa shape index (κ2) is 8.05. The second-order valence-corrected chi connectivity index (χ2v) is 5.63. The van der Waals surface area contributed by atoms with Crippen molar-refractivity contribution < 1.29 is 14.5 Å². The van der Waals surface area contributed by atoms with Crippen LogP contribution in [0.1, 0.15) is 22.3 Å². The summed E-state index contributed by atoms with van der Waals surface area (Å²) in [6.07, 6.45) is 1.23. The van der Waals surface area contributed by atoms with Crippen molar-refractivity contribution in [1.82, 2.24) is 5.43 Å². The number of carbonyl (C=O) groups excluding carboxylic acids is 1. The van der Waals surface area contributed by atoms with Gasteiger partial charge in [-0.25, -0.2) is 5.43 Å². The molecule has 0 spiro atoms. The van der Waals surface area contributed by atoms with Crippen molar-refractivity contribution >= 4 is 17.8 Å². The lowest BCUT2D eigenvalue weighted by molar-refractivity contribution is -0.385. The summed E-state index contributed by atoms with van der Waals surface area (Å²) >= 11 is 0. The number of para-hydroxylation sites is 1. The summed E-state index contributed by atoms with van der Waals surface area (Å²) in [4.78, 5) is 22.2. The first-order valence-electron chi connectivity index (χ1n) is 7.64. The molecule has 0 unspecified atom stereocenters. The van der Waals surface area contributed by atoms with E-state index in [2.05, 4.69) is 10.5 Å². The number of nitrogens with one attached hydrogen (secondary N) is 1. The van der Waals surface area contributed by atoms with E-state index in [1.165, 1.54) is 12.3 Å². The number of amides is 1. The maximum Gasteiger partial charge on any atom is 0.278 e. The quantitative estimate of drug-likeness (QED) is 0.496. The lowest BCUT2D eigenvalue weighted by atomic mass is 10.1. The normalized spacial score (nSPS) is 10.7. The Morgan fingerprint density at radius 3 is 2.52 bits per heavy atom. The Morgan fingerprint density at radius 2 is 1.88 bits per heavy atom. The molecule has 0 saturated heterocycles. The molecular weight excluding hydrogens is 322 g/mol. The van der Waals surface area contributed by atoms with Gasteiger partial charge in [0.05, 0.1) is 16.7 Å². The molecule has 7 nitrogen and oxygen atoms in total. The predicted molar refractivity (Wildman–Crippen MR) is 95.0 cm³/mol. The highest BCUT2D eigenvalue weighted by molar-refractivity contribution is 5.86. The topological polar surface area (TPSA) is 93.8 Å². The van der Waals surface area contributed by atoms with Gasteiger partial charge in [0, 0.05) is 6.07 Å². The second-order valence-electron chi connectivity index (χ2n) is 5.63. The van der Waals surface area contributed by atoms with Crippen LogP contribution in [-0.2, 0) is 4.79 Å². The van der Waals surface area contributed by atoms with E-state index in [9.17, 15) is 14.9 Å². The highest BCUT2D eigenvalue weighted by atomic mass is 16.6. The molecule has 0 fully saturated rings. The van der Waals surface area contributed by atoms with E-state index in [4.69, 9.17) is 4.74 Å². The van der Waals surface area contributed by atoms with Crippen molar-refractivity contribution in [3.63, 3.8) is 0 Å². The number of ether oxygens (including phenoxy) is 1. The molecule has 0 aliphatic heterocycles. The smallest absolute Gasteiger partial charge is 0.278 e. The van der Waals surface area contributed by atoms with Gasteiger partial charge in [0.2, 0.25) is 0 Å². The molecule has 0 bridgehead atoms. The molecule has 0 radical (unpaired) electrons. The Labute approximate surface area is 145 Å². The third-order valence-corrected chi connectivity index (χ3v) is 3.48. The van der Waals surface area contributed by atoms with Gasteiger partial charge in [-0.15, -0.1) is 0 Å². The van der Waals surface area contributed by atoms with Gasteiger partial charge in [-0.2, -0.15) is 5.10 Å². The summed E-state index contributed by atoms with van der Waals surface area (Å²) in [6.45, 7) is 5.63. The molecule has 130 valence electrons. The highest BCUT2D eigenvalue weighted by Gasteiger charge is 2.11. The van der Waals surface area contributed by atoms with Gasteiger partial charge in [-0.05, 0) is 38.0 Å². The summed E-state index contributed by atoms with van der Waals surface area (Å²) in [5.74, 6) is 0.220. The van der Waals surface area contributed by atoms with Gasteiger partial charge in [0.1, 0.15) is 5.75 Å². The van der Waals surface area contributed by atoms with Crippen molar-refractivity contribution in [2.24, 2.45) is 5.10 Å². The van der Waals surface area contributed by atoms with E-state index in [1.807, 2.05) is 32.9 Å². The molecule has 0 atom stereocenters. The highest BCUT2D eigenvalue weighted by Crippen LogP contribution is 2.24. The van der Waals surface area contributed by atoms with Crippen LogP contribution in [0.2, 0.25) is 0 Å². The van der Waals surface area contributed by atoms with Gasteiger partial charge in [0.25, 0.3) is 11.6 Å². The van der Waals surface area contributed by atoms with Gasteiger partial charge >= 0.3 is 0 Å². The number of benzene rings is 2. The van der Waals surface area contributed by atoms with Crippen LogP contribution in [0.25, 0.3) is 0 Å². The first-order valence-corrected chi connectivity index (χ1v) is 7.64. The van der Waals surface area contributed by atoms with Crippen LogP contribution < -0.4 is 10.2 Å². The SMILES string of the molecule is Cc1cc(C)c(OCC(=O)NN=Cc2ccccc2[N+](=O)[O-])c(C)c1. The zero-order valence-electron chi connectivity index (χ0n) is 14.3. The molecule has 0 aromatic heterocycles. The van der Waals surface area contributed by atoms with E-state index in [0.717, 1.165) is 16.7 Å². The van der Waals surface area contributed by atoms with E-state index >= 15 is 0 Å². The maximum atomic E-state index is 11.8. The zero-order chi connectivity index (χ0) is 18.4. The zero-order valence-corrected chi connectivity index (χ0v) is 14.3. The third-order valence-electron chi connectivity index (χ3n) is 3.48. The molecular formula is C18H19N3O4. The minimum Gasteiger partial charge on any atom is -0.483 e. The number of nitrogens with zero attached hydrogens (tertiary/aromatic N) is 2. The minimum atomic E-state index is -0.505. The fourth-order valence-corrected chi connectivity index (χ4v) is 2.50. The van der Waals surface area contributed by atoms with Crippen molar-refractivity contribution in [3.05, 3.63) is 68.8 Å². The average Bonchev–Trinajstić information content (AvgIpc) is 2.54. The molecule has 1 N–H and O–H groups in total. The molecule has 0 saturated carbocycles. The fraction of sp³-hybridized carbons (Fsp3) is 0.222. The molecule has 0 heterocycles. The predicted octanol–water partition coefficient (Wildman–Crippen LogP) is 3.05. The number of aryl methyl sites for hydroxylation is 3. The summed E-state index contributed by atoms with van der Waals surface area (Å²) in [6, 6.07) is 10.1. The Hall–Kier alpha value is -3.22. The Bertz CT molecular complexity index is 808. The number of nitro benzene ring substituents is 1. The Morgan fingerprint density at radius 1 is 1.24 bits per heavy atom. The van der Waals surface area contributed by atoms with Gasteiger partial charge in [-0.1, -0.05) is 29.8 Å². The molecule has 7 heteroatoms. The summed E-state index contributed by atoms with van der Waals surface area (Å²) in [7, 11) is 0. The van der Waals surface area contributed by atoms with Gasteiger partial charge < -0.3 is 4.74 Å². The van der Waals surface area contributed by atoms with Crippen LogP contribution in [0.4, 0.5) is 5.69 Å². The third kappa shape index (κ3) is 4.87. The molecule has 25 heavy (non-hydrogen) atoms. The Kier molecular flexibility index (Phi) is 5.84. The van der Waals surface area contributed by atoms with Crippen molar-refractivity contribution in [3.8, 4) is 5.75 Å².